The van der Waals surface area contributed by atoms with Gasteiger partial charge in [-0.2, -0.15) is 0 Å². The molecule has 1 rings (SSSR count). The summed E-state index contributed by atoms with van der Waals surface area (Å²) in [4.78, 5) is 21.8. The van der Waals surface area contributed by atoms with Crippen LogP contribution in [0.2, 0.25) is 0 Å². The Kier molecular flexibility index (Phi) is 7.21. The molecule has 6 nitrogen and oxygen atoms in total. The van der Waals surface area contributed by atoms with Crippen molar-refractivity contribution in [3.05, 3.63) is 33.9 Å². The third-order valence-corrected chi connectivity index (χ3v) is 3.20. The number of nitrogen functional groups attached to an aromatic ring is 1. The van der Waals surface area contributed by atoms with Crippen LogP contribution in [0.4, 0.5) is 11.4 Å². The maximum absolute atomic E-state index is 11.8. The maximum Gasteiger partial charge on any atom is 0.340 e. The molecule has 0 saturated carbocycles. The van der Waals surface area contributed by atoms with Crippen LogP contribution in [0.3, 0.4) is 0 Å². The van der Waals surface area contributed by atoms with Crippen molar-refractivity contribution in [2.45, 2.75) is 45.4 Å². The van der Waals surface area contributed by atoms with Gasteiger partial charge in [-0.3, -0.25) is 10.1 Å². The van der Waals surface area contributed by atoms with E-state index in [9.17, 15) is 14.9 Å². The minimum absolute atomic E-state index is 0.0668. The Balaban J connectivity index is 2.37. The fraction of sp³-hybridized carbons (Fsp3) is 0.533. The number of ether oxygens (including phenoxy) is 1. The van der Waals surface area contributed by atoms with Crippen LogP contribution in [0.1, 0.15) is 55.8 Å². The number of anilines is 1. The molecule has 0 aliphatic carbocycles. The van der Waals surface area contributed by atoms with Gasteiger partial charge in [-0.25, -0.2) is 4.79 Å². The van der Waals surface area contributed by atoms with Gasteiger partial charge in [0.05, 0.1) is 22.8 Å². The van der Waals surface area contributed by atoms with Gasteiger partial charge in [0.25, 0.3) is 5.69 Å². The number of nitrogens with two attached hydrogens (primary N) is 1. The van der Waals surface area contributed by atoms with Crippen molar-refractivity contribution >= 4 is 17.3 Å². The van der Waals surface area contributed by atoms with Gasteiger partial charge in [-0.05, 0) is 12.5 Å². The predicted octanol–water partition coefficient (Wildman–Crippen LogP) is 3.69. The predicted molar refractivity (Wildman–Crippen MR) is 81.2 cm³/mol. The zero-order valence-corrected chi connectivity index (χ0v) is 12.3. The standard InChI is InChI=1S/C15H22N2O4/c1-2-3-4-5-6-7-10-21-15(18)13-9-8-12(17(19)20)11-14(13)16/h8-9,11H,2-7,10,16H2,1H3. The van der Waals surface area contributed by atoms with Crippen LogP contribution in [-0.2, 0) is 4.74 Å². The summed E-state index contributed by atoms with van der Waals surface area (Å²) in [7, 11) is 0. The van der Waals surface area contributed by atoms with Gasteiger partial charge in [-0.1, -0.05) is 39.0 Å². The molecule has 2 N–H and O–H groups in total. The van der Waals surface area contributed by atoms with Gasteiger partial charge in [0.15, 0.2) is 0 Å². The van der Waals surface area contributed by atoms with Crippen molar-refractivity contribution in [2.24, 2.45) is 0 Å². The highest BCUT2D eigenvalue weighted by Crippen LogP contribution is 2.20. The number of carbonyl (C=O) groups is 1. The quantitative estimate of drug-likeness (QED) is 0.246. The number of rotatable bonds is 9. The SMILES string of the molecule is CCCCCCCCOC(=O)c1ccc([N+](=O)[O-])cc1N. The van der Waals surface area contributed by atoms with E-state index < -0.39 is 10.9 Å². The van der Waals surface area contributed by atoms with Crippen molar-refractivity contribution in [3.63, 3.8) is 0 Å². The van der Waals surface area contributed by atoms with Gasteiger partial charge >= 0.3 is 5.97 Å². The van der Waals surface area contributed by atoms with E-state index in [1.807, 2.05) is 0 Å². The molecule has 0 bridgehead atoms. The summed E-state index contributed by atoms with van der Waals surface area (Å²) in [6.45, 7) is 2.51. The molecule has 0 atom stereocenters. The number of hydrogen-bond donors (Lipinski definition) is 1. The zero-order chi connectivity index (χ0) is 15.7. The van der Waals surface area contributed by atoms with Crippen LogP contribution in [-0.4, -0.2) is 17.5 Å². The van der Waals surface area contributed by atoms with E-state index in [0.29, 0.717) is 6.61 Å². The summed E-state index contributed by atoms with van der Waals surface area (Å²) in [5.74, 6) is -0.532. The molecule has 0 radical (unpaired) electrons. The first kappa shape index (κ1) is 16.9. The van der Waals surface area contributed by atoms with E-state index >= 15 is 0 Å². The normalized spacial score (nSPS) is 10.3. The third kappa shape index (κ3) is 5.81. The van der Waals surface area contributed by atoms with Gasteiger partial charge in [0, 0.05) is 12.1 Å². The first-order valence-corrected chi connectivity index (χ1v) is 7.27. The average Bonchev–Trinajstić information content (AvgIpc) is 2.45. The summed E-state index contributed by atoms with van der Waals surface area (Å²) in [6.07, 6.45) is 6.64. The number of unbranched alkanes of at least 4 members (excludes halogenated alkanes) is 5. The molecule has 21 heavy (non-hydrogen) atoms. The number of hydrogen-bond acceptors (Lipinski definition) is 5. The van der Waals surface area contributed by atoms with Gasteiger partial charge < -0.3 is 10.5 Å². The van der Waals surface area contributed by atoms with Crippen LogP contribution in [0.15, 0.2) is 18.2 Å². The molecular formula is C15H22N2O4. The minimum atomic E-state index is -0.554. The largest absolute Gasteiger partial charge is 0.462 e. The van der Waals surface area contributed by atoms with Crippen LogP contribution in [0.5, 0.6) is 0 Å². The zero-order valence-electron chi connectivity index (χ0n) is 12.3. The van der Waals surface area contributed by atoms with E-state index in [2.05, 4.69) is 6.92 Å². The summed E-state index contributed by atoms with van der Waals surface area (Å²) in [6, 6.07) is 3.75. The second-order valence-electron chi connectivity index (χ2n) is 4.93. The molecule has 0 spiro atoms. The molecule has 0 heterocycles. The highest BCUT2D eigenvalue weighted by Gasteiger charge is 2.15. The van der Waals surface area contributed by atoms with Crippen molar-refractivity contribution in [2.75, 3.05) is 12.3 Å². The number of nitro benzene ring substituents is 1. The van der Waals surface area contributed by atoms with Gasteiger partial charge in [0.2, 0.25) is 0 Å². The molecule has 0 aromatic heterocycles. The first-order chi connectivity index (χ1) is 10.1. The number of non-ortho nitro benzene ring substituents is 1. The molecule has 0 saturated heterocycles. The van der Waals surface area contributed by atoms with Crippen LogP contribution < -0.4 is 5.73 Å². The number of nitrogens with zero attached hydrogens (tertiary/aromatic N) is 1. The average molecular weight is 294 g/mol. The van der Waals surface area contributed by atoms with Gasteiger partial charge in [-0.15, -0.1) is 0 Å². The third-order valence-electron chi connectivity index (χ3n) is 3.20. The molecule has 1 aromatic carbocycles. The Morgan fingerprint density at radius 2 is 1.90 bits per heavy atom. The van der Waals surface area contributed by atoms with Crippen molar-refractivity contribution in [1.82, 2.24) is 0 Å². The van der Waals surface area contributed by atoms with Crippen LogP contribution >= 0.6 is 0 Å². The van der Waals surface area contributed by atoms with Crippen LogP contribution in [0.25, 0.3) is 0 Å². The van der Waals surface area contributed by atoms with Crippen molar-refractivity contribution in [3.8, 4) is 0 Å². The number of esters is 1. The van der Waals surface area contributed by atoms with Gasteiger partial charge in [0.1, 0.15) is 0 Å². The van der Waals surface area contributed by atoms with Crippen LogP contribution in [0, 0.1) is 10.1 Å². The molecule has 1 aromatic rings. The Labute approximate surface area is 124 Å². The Bertz CT molecular complexity index is 489. The number of benzene rings is 1. The first-order valence-electron chi connectivity index (χ1n) is 7.27. The number of nitro groups is 1. The van der Waals surface area contributed by atoms with E-state index in [1.54, 1.807) is 0 Å². The Morgan fingerprint density at radius 3 is 2.52 bits per heavy atom. The highest BCUT2D eigenvalue weighted by molar-refractivity contribution is 5.95. The highest BCUT2D eigenvalue weighted by atomic mass is 16.6. The molecule has 0 aliphatic rings. The summed E-state index contributed by atoms with van der Waals surface area (Å²) >= 11 is 0. The Hall–Kier alpha value is -2.11. The molecule has 0 amide bonds. The van der Waals surface area contributed by atoms with Crippen molar-refractivity contribution in [1.29, 1.82) is 0 Å². The lowest BCUT2D eigenvalue weighted by Crippen LogP contribution is -2.09. The second-order valence-corrected chi connectivity index (χ2v) is 4.93. The lowest BCUT2D eigenvalue weighted by molar-refractivity contribution is -0.384. The van der Waals surface area contributed by atoms with E-state index in [0.717, 1.165) is 19.3 Å². The molecule has 0 aliphatic heterocycles. The molecule has 6 heteroatoms. The monoisotopic (exact) mass is 294 g/mol. The Morgan fingerprint density at radius 1 is 1.24 bits per heavy atom. The maximum atomic E-state index is 11.8. The summed E-state index contributed by atoms with van der Waals surface area (Å²) in [5.41, 5.74) is 5.74. The fourth-order valence-electron chi connectivity index (χ4n) is 1.97. The lowest BCUT2D eigenvalue weighted by Gasteiger charge is -2.07. The molecular weight excluding hydrogens is 272 g/mol. The molecule has 0 fully saturated rings. The molecule has 116 valence electrons. The van der Waals surface area contributed by atoms with E-state index in [4.69, 9.17) is 10.5 Å². The second kappa shape index (κ2) is 8.94. The van der Waals surface area contributed by atoms with Crippen molar-refractivity contribution < 1.29 is 14.5 Å². The minimum Gasteiger partial charge on any atom is -0.462 e. The smallest absolute Gasteiger partial charge is 0.340 e. The summed E-state index contributed by atoms with van der Waals surface area (Å²) in [5, 5.41) is 10.6. The number of carbonyl (C=O) groups excluding carboxylic acids is 1. The summed E-state index contributed by atoms with van der Waals surface area (Å²) < 4.78 is 5.13. The topological polar surface area (TPSA) is 95.5 Å². The fourth-order valence-corrected chi connectivity index (χ4v) is 1.97. The van der Waals surface area contributed by atoms with E-state index in [-0.39, 0.29) is 16.9 Å². The van der Waals surface area contributed by atoms with E-state index in [1.165, 1.54) is 37.5 Å². The molecule has 0 unspecified atom stereocenters. The lowest BCUT2D eigenvalue weighted by atomic mass is 10.1.